The Morgan fingerprint density at radius 3 is 1.96 bits per heavy atom. The standard InChI is InChI=1S/C41H36N4O/c1-27(2)34-24-31(29-13-6-5-7-14-29)25-35(28(3)4)40(34)41-44-37-20-19-33(46-39-18-9-11-22-43-39)26-38(37)45(41)32-16-12-15-30(23-32)36-17-8-10-21-42-36/h5-28H,1-4H3. The SMILES string of the molecule is CC(C)c1cc(-c2ccccc2)cc(C(C)C)c1-c1nc2ccc(Oc3ccccn3)cc2n1-c1cccc(-c2ccccn2)c1. The lowest BCUT2D eigenvalue weighted by Crippen LogP contribution is -2.06. The summed E-state index contributed by atoms with van der Waals surface area (Å²) in [7, 11) is 0. The molecule has 5 nitrogen and oxygen atoms in total. The molecule has 0 amide bonds. The number of benzene rings is 4. The Labute approximate surface area is 270 Å². The molecule has 0 aliphatic carbocycles. The van der Waals surface area contributed by atoms with Gasteiger partial charge >= 0.3 is 0 Å². The van der Waals surface area contributed by atoms with Gasteiger partial charge in [-0.05, 0) is 76.6 Å². The summed E-state index contributed by atoms with van der Waals surface area (Å²) in [6, 6.07) is 41.6. The van der Waals surface area contributed by atoms with Gasteiger partial charge in [-0.1, -0.05) is 94.4 Å². The largest absolute Gasteiger partial charge is 0.439 e. The number of imidazole rings is 1. The van der Waals surface area contributed by atoms with Crippen molar-refractivity contribution in [2.24, 2.45) is 0 Å². The van der Waals surface area contributed by atoms with Gasteiger partial charge in [-0.3, -0.25) is 9.55 Å². The predicted octanol–water partition coefficient (Wildman–Crippen LogP) is 10.9. The summed E-state index contributed by atoms with van der Waals surface area (Å²) in [5.41, 5.74) is 11.0. The van der Waals surface area contributed by atoms with E-state index in [-0.39, 0.29) is 11.8 Å². The highest BCUT2D eigenvalue weighted by molar-refractivity contribution is 5.87. The Morgan fingerprint density at radius 2 is 1.28 bits per heavy atom. The van der Waals surface area contributed by atoms with Crippen LogP contribution in [-0.4, -0.2) is 19.5 Å². The molecule has 46 heavy (non-hydrogen) atoms. The zero-order chi connectivity index (χ0) is 31.6. The molecule has 0 aliphatic heterocycles. The highest BCUT2D eigenvalue weighted by Gasteiger charge is 2.24. The highest BCUT2D eigenvalue weighted by Crippen LogP contribution is 2.42. The average Bonchev–Trinajstić information content (AvgIpc) is 3.47. The van der Waals surface area contributed by atoms with Crippen molar-refractivity contribution in [3.05, 3.63) is 145 Å². The average molecular weight is 601 g/mol. The minimum absolute atomic E-state index is 0.271. The molecule has 7 rings (SSSR count). The molecular weight excluding hydrogens is 564 g/mol. The lowest BCUT2D eigenvalue weighted by atomic mass is 9.85. The molecule has 0 saturated heterocycles. The third kappa shape index (κ3) is 5.68. The molecule has 3 heterocycles. The van der Waals surface area contributed by atoms with E-state index in [9.17, 15) is 0 Å². The molecular formula is C41H36N4O. The number of hydrogen-bond donors (Lipinski definition) is 0. The molecule has 0 fully saturated rings. The number of hydrogen-bond acceptors (Lipinski definition) is 4. The molecule has 0 bridgehead atoms. The topological polar surface area (TPSA) is 52.8 Å². The second-order valence-electron chi connectivity index (χ2n) is 12.2. The third-order valence-corrected chi connectivity index (χ3v) is 8.33. The van der Waals surface area contributed by atoms with Crippen LogP contribution < -0.4 is 4.74 Å². The molecule has 0 unspecified atom stereocenters. The van der Waals surface area contributed by atoms with Crippen molar-refractivity contribution < 1.29 is 4.74 Å². The van der Waals surface area contributed by atoms with Gasteiger partial charge in [0.05, 0.1) is 16.7 Å². The monoisotopic (exact) mass is 600 g/mol. The van der Waals surface area contributed by atoms with Crippen LogP contribution in [0.25, 0.3) is 50.5 Å². The van der Waals surface area contributed by atoms with E-state index in [0.717, 1.165) is 33.8 Å². The number of rotatable bonds is 8. The lowest BCUT2D eigenvalue weighted by molar-refractivity contribution is 0.463. The normalized spacial score (nSPS) is 11.4. The van der Waals surface area contributed by atoms with Crippen LogP contribution in [0.2, 0.25) is 0 Å². The van der Waals surface area contributed by atoms with E-state index < -0.39 is 0 Å². The van der Waals surface area contributed by atoms with Crippen molar-refractivity contribution in [1.82, 2.24) is 19.5 Å². The van der Waals surface area contributed by atoms with Crippen molar-refractivity contribution in [1.29, 1.82) is 0 Å². The van der Waals surface area contributed by atoms with Gasteiger partial charge in [0, 0.05) is 41.3 Å². The number of ether oxygens (including phenoxy) is 1. The summed E-state index contributed by atoms with van der Waals surface area (Å²) >= 11 is 0. The van der Waals surface area contributed by atoms with Gasteiger partial charge in [-0.2, -0.15) is 0 Å². The summed E-state index contributed by atoms with van der Waals surface area (Å²) < 4.78 is 8.49. The third-order valence-electron chi connectivity index (χ3n) is 8.33. The van der Waals surface area contributed by atoms with E-state index >= 15 is 0 Å². The van der Waals surface area contributed by atoms with Crippen LogP contribution in [0.4, 0.5) is 0 Å². The Bertz CT molecular complexity index is 2090. The van der Waals surface area contributed by atoms with Crippen LogP contribution in [0.3, 0.4) is 0 Å². The van der Waals surface area contributed by atoms with Crippen molar-refractivity contribution in [3.63, 3.8) is 0 Å². The maximum Gasteiger partial charge on any atom is 0.219 e. The summed E-state index contributed by atoms with van der Waals surface area (Å²) in [4.78, 5) is 14.4. The second-order valence-corrected chi connectivity index (χ2v) is 12.2. The van der Waals surface area contributed by atoms with Gasteiger partial charge in [0.2, 0.25) is 5.88 Å². The van der Waals surface area contributed by atoms with Crippen molar-refractivity contribution in [2.75, 3.05) is 0 Å². The van der Waals surface area contributed by atoms with Crippen molar-refractivity contribution in [2.45, 2.75) is 39.5 Å². The maximum absolute atomic E-state index is 6.21. The molecule has 4 aromatic carbocycles. The van der Waals surface area contributed by atoms with E-state index in [1.807, 2.05) is 54.7 Å². The molecule has 3 aromatic heterocycles. The molecule has 0 radical (unpaired) electrons. The van der Waals surface area contributed by atoms with Gasteiger partial charge < -0.3 is 4.74 Å². The van der Waals surface area contributed by atoms with Crippen LogP contribution in [0, 0.1) is 0 Å². The molecule has 0 spiro atoms. The first kappa shape index (κ1) is 29.2. The molecule has 0 saturated carbocycles. The first-order valence-corrected chi connectivity index (χ1v) is 15.8. The van der Waals surface area contributed by atoms with Gasteiger partial charge in [0.1, 0.15) is 11.6 Å². The summed E-state index contributed by atoms with van der Waals surface area (Å²) in [5.74, 6) is 2.70. The highest BCUT2D eigenvalue weighted by atomic mass is 16.5. The quantitative estimate of drug-likeness (QED) is 0.174. The Balaban J connectivity index is 1.50. The van der Waals surface area contributed by atoms with Crippen LogP contribution in [0.15, 0.2) is 134 Å². The molecule has 0 atom stereocenters. The minimum Gasteiger partial charge on any atom is -0.439 e. The van der Waals surface area contributed by atoms with Crippen molar-refractivity contribution in [3.8, 4) is 51.1 Å². The number of pyridine rings is 2. The van der Waals surface area contributed by atoms with E-state index in [0.29, 0.717) is 11.6 Å². The maximum atomic E-state index is 6.21. The lowest BCUT2D eigenvalue weighted by Gasteiger charge is -2.23. The molecule has 226 valence electrons. The number of fused-ring (bicyclic) bond motifs is 1. The summed E-state index contributed by atoms with van der Waals surface area (Å²) in [5, 5.41) is 0. The Kier molecular flexibility index (Phi) is 7.90. The van der Waals surface area contributed by atoms with Crippen LogP contribution >= 0.6 is 0 Å². The first-order chi connectivity index (χ1) is 22.5. The molecule has 5 heteroatoms. The zero-order valence-electron chi connectivity index (χ0n) is 26.6. The van der Waals surface area contributed by atoms with Gasteiger partial charge in [0.15, 0.2) is 0 Å². The first-order valence-electron chi connectivity index (χ1n) is 15.8. The van der Waals surface area contributed by atoms with Gasteiger partial charge in [-0.15, -0.1) is 0 Å². The Hall–Kier alpha value is -5.55. The van der Waals surface area contributed by atoms with Crippen LogP contribution in [0.5, 0.6) is 11.6 Å². The van der Waals surface area contributed by atoms with E-state index in [1.54, 1.807) is 6.20 Å². The number of aromatic nitrogens is 4. The predicted molar refractivity (Wildman–Crippen MR) is 188 cm³/mol. The fourth-order valence-electron chi connectivity index (χ4n) is 6.07. The molecule has 0 aliphatic rings. The number of nitrogens with zero attached hydrogens (tertiary/aromatic N) is 4. The fourth-order valence-corrected chi connectivity index (χ4v) is 6.07. The van der Waals surface area contributed by atoms with E-state index in [1.165, 1.54) is 27.8 Å². The molecule has 7 aromatic rings. The minimum atomic E-state index is 0.271. The zero-order valence-corrected chi connectivity index (χ0v) is 26.6. The van der Waals surface area contributed by atoms with E-state index in [2.05, 4.69) is 115 Å². The van der Waals surface area contributed by atoms with Gasteiger partial charge in [0.25, 0.3) is 0 Å². The van der Waals surface area contributed by atoms with Crippen LogP contribution in [0.1, 0.15) is 50.7 Å². The second kappa shape index (κ2) is 12.4. The van der Waals surface area contributed by atoms with E-state index in [4.69, 9.17) is 9.72 Å². The van der Waals surface area contributed by atoms with Crippen molar-refractivity contribution >= 4 is 11.0 Å². The van der Waals surface area contributed by atoms with Gasteiger partial charge in [-0.25, -0.2) is 9.97 Å². The Morgan fingerprint density at radius 1 is 0.587 bits per heavy atom. The summed E-state index contributed by atoms with van der Waals surface area (Å²) in [6.45, 7) is 9.08. The van der Waals surface area contributed by atoms with Crippen LogP contribution in [-0.2, 0) is 0 Å². The smallest absolute Gasteiger partial charge is 0.219 e. The molecule has 0 N–H and O–H groups in total. The summed E-state index contributed by atoms with van der Waals surface area (Å²) in [6.07, 6.45) is 3.57. The fraction of sp³-hybridized carbons (Fsp3) is 0.146.